The topological polar surface area (TPSA) is 108 Å². The minimum absolute atomic E-state index is 0.103. The summed E-state index contributed by atoms with van der Waals surface area (Å²) in [5, 5.41) is 13.5. The highest BCUT2D eigenvalue weighted by Gasteiger charge is 2.24. The van der Waals surface area contributed by atoms with E-state index in [-0.39, 0.29) is 25.2 Å². The molecule has 1 aromatic carbocycles. The van der Waals surface area contributed by atoms with Crippen LogP contribution in [0.2, 0.25) is 0 Å². The first-order valence-corrected chi connectivity index (χ1v) is 11.2. The van der Waals surface area contributed by atoms with Gasteiger partial charge in [-0.25, -0.2) is 14.8 Å². The van der Waals surface area contributed by atoms with Gasteiger partial charge in [-0.2, -0.15) is 0 Å². The van der Waals surface area contributed by atoms with Gasteiger partial charge in [-0.1, -0.05) is 18.2 Å². The number of nitrogens with one attached hydrogen (secondary N) is 2. The van der Waals surface area contributed by atoms with Crippen molar-refractivity contribution in [3.05, 3.63) is 42.2 Å². The number of piperidine rings is 1. The van der Waals surface area contributed by atoms with Crippen LogP contribution in [0, 0.1) is 5.92 Å². The minimum Gasteiger partial charge on any atom is -0.445 e. The van der Waals surface area contributed by atoms with E-state index in [1.807, 2.05) is 42.9 Å². The number of hydrogen-bond acceptors (Lipinski definition) is 6. The number of fused-ring (bicyclic) bond motifs is 3. The molecule has 0 radical (unpaired) electrons. The molecular weight excluding hydrogens is 420 g/mol. The van der Waals surface area contributed by atoms with E-state index < -0.39 is 0 Å². The third kappa shape index (κ3) is 4.00. The number of rotatable bonds is 5. The lowest BCUT2D eigenvalue weighted by atomic mass is 10.00. The Labute approximate surface area is 191 Å². The Morgan fingerprint density at radius 3 is 3.06 bits per heavy atom. The van der Waals surface area contributed by atoms with Crippen LogP contribution in [0.1, 0.15) is 18.4 Å². The number of carbonyl (C=O) groups excluding carboxylic acids is 1. The Hall–Kier alpha value is -3.59. The van der Waals surface area contributed by atoms with Crippen LogP contribution in [-0.4, -0.2) is 62.4 Å². The predicted octanol–water partition coefficient (Wildman–Crippen LogP) is 3.50. The fourth-order valence-electron chi connectivity index (χ4n) is 4.57. The van der Waals surface area contributed by atoms with Crippen molar-refractivity contribution in [3.63, 3.8) is 0 Å². The Morgan fingerprint density at radius 1 is 1.36 bits per heavy atom. The van der Waals surface area contributed by atoms with E-state index >= 15 is 0 Å². The van der Waals surface area contributed by atoms with Crippen LogP contribution >= 0.6 is 0 Å². The van der Waals surface area contributed by atoms with E-state index in [4.69, 9.17) is 9.72 Å². The highest BCUT2D eigenvalue weighted by molar-refractivity contribution is 6.07. The first-order chi connectivity index (χ1) is 16.1. The Morgan fingerprint density at radius 2 is 2.24 bits per heavy atom. The lowest BCUT2D eigenvalue weighted by Gasteiger charge is -2.31. The number of anilines is 1. The number of aromatic nitrogens is 4. The number of carbonyl (C=O) groups is 1. The molecule has 9 nitrogen and oxygen atoms in total. The molecule has 0 saturated carbocycles. The van der Waals surface area contributed by atoms with Crippen LogP contribution in [0.3, 0.4) is 0 Å². The molecular formula is C24H28N6O3. The zero-order valence-electron chi connectivity index (χ0n) is 18.8. The maximum Gasteiger partial charge on any atom is 0.410 e. The largest absolute Gasteiger partial charge is 0.445 e. The number of imidazole rings is 1. The normalized spacial score (nSPS) is 16.5. The molecule has 0 aliphatic carbocycles. The molecule has 1 amide bonds. The van der Waals surface area contributed by atoms with E-state index in [9.17, 15) is 9.90 Å². The number of aliphatic hydroxyl groups excluding tert-OH is 1. The highest BCUT2D eigenvalue weighted by Crippen LogP contribution is 2.32. The molecule has 1 unspecified atom stereocenters. The maximum absolute atomic E-state index is 12.5. The number of nitrogens with zero attached hydrogens (tertiary/aromatic N) is 4. The van der Waals surface area contributed by atoms with Gasteiger partial charge in [0, 0.05) is 44.9 Å². The zero-order chi connectivity index (χ0) is 22.9. The van der Waals surface area contributed by atoms with Crippen LogP contribution < -0.4 is 5.32 Å². The molecule has 9 heteroatoms. The molecule has 3 N–H and O–H groups in total. The summed E-state index contributed by atoms with van der Waals surface area (Å²) < 4.78 is 7.56. The van der Waals surface area contributed by atoms with Gasteiger partial charge in [0.25, 0.3) is 0 Å². The smallest absolute Gasteiger partial charge is 0.410 e. The van der Waals surface area contributed by atoms with Crippen molar-refractivity contribution < 1.29 is 14.6 Å². The van der Waals surface area contributed by atoms with Crippen molar-refractivity contribution >= 4 is 34.0 Å². The van der Waals surface area contributed by atoms with Crippen molar-refractivity contribution in [2.45, 2.75) is 19.4 Å². The van der Waals surface area contributed by atoms with Crippen LogP contribution in [0.15, 0.2) is 36.7 Å². The van der Waals surface area contributed by atoms with Gasteiger partial charge in [0.1, 0.15) is 17.8 Å². The second kappa shape index (κ2) is 8.74. The van der Waals surface area contributed by atoms with Gasteiger partial charge in [0.2, 0.25) is 0 Å². The van der Waals surface area contributed by atoms with Gasteiger partial charge in [-0.05, 0) is 42.0 Å². The minimum atomic E-state index is -0.327. The first kappa shape index (κ1) is 21.3. The standard InChI is InChI=1S/C24H28N6O3/c1-25-23-20-21(29(2)14-26-20)18-10-19(27-22(18)28-23)17-7-3-5-15(9-17)13-33-24(32)30-8-4-6-16(11-30)12-31/h3,5,7,9-10,14,16,31H,4,6,8,11-13H2,1-2H3,(H2,25,27,28). The van der Waals surface area contributed by atoms with E-state index in [0.717, 1.165) is 57.5 Å². The van der Waals surface area contributed by atoms with E-state index in [1.165, 1.54) is 0 Å². The summed E-state index contributed by atoms with van der Waals surface area (Å²) in [4.78, 5) is 26.8. The molecule has 1 aliphatic rings. The van der Waals surface area contributed by atoms with Crippen LogP contribution in [0.4, 0.5) is 10.6 Å². The molecule has 1 saturated heterocycles. The quantitative estimate of drug-likeness (QED) is 0.431. The Kier molecular flexibility index (Phi) is 5.63. The molecule has 4 heterocycles. The number of ether oxygens (including phenoxy) is 1. The number of aromatic amines is 1. The lowest BCUT2D eigenvalue weighted by Crippen LogP contribution is -2.41. The first-order valence-electron chi connectivity index (χ1n) is 11.2. The number of H-pyrrole nitrogens is 1. The second-order valence-corrected chi connectivity index (χ2v) is 8.60. The number of benzene rings is 1. The van der Waals surface area contributed by atoms with Gasteiger partial charge >= 0.3 is 6.09 Å². The third-order valence-electron chi connectivity index (χ3n) is 6.31. The highest BCUT2D eigenvalue weighted by atomic mass is 16.6. The summed E-state index contributed by atoms with van der Waals surface area (Å²) in [5.74, 6) is 0.868. The van der Waals surface area contributed by atoms with Gasteiger partial charge in [0.05, 0.1) is 11.8 Å². The number of aliphatic hydroxyl groups is 1. The fourth-order valence-corrected chi connectivity index (χ4v) is 4.57. The number of pyridine rings is 1. The van der Waals surface area contributed by atoms with Crippen molar-refractivity contribution in [2.24, 2.45) is 13.0 Å². The van der Waals surface area contributed by atoms with Gasteiger partial charge in [-0.15, -0.1) is 0 Å². The zero-order valence-corrected chi connectivity index (χ0v) is 18.8. The average Bonchev–Trinajstić information content (AvgIpc) is 3.45. The summed E-state index contributed by atoms with van der Waals surface area (Å²) in [6.45, 7) is 1.52. The molecule has 1 fully saturated rings. The Balaban J connectivity index is 1.37. The molecule has 33 heavy (non-hydrogen) atoms. The number of amides is 1. The van der Waals surface area contributed by atoms with Crippen LogP contribution in [0.5, 0.6) is 0 Å². The fraction of sp³-hybridized carbons (Fsp3) is 0.375. The molecule has 5 rings (SSSR count). The number of likely N-dealkylation sites (tertiary alicyclic amines) is 1. The molecule has 172 valence electrons. The molecule has 1 atom stereocenters. The van der Waals surface area contributed by atoms with E-state index in [0.29, 0.717) is 13.1 Å². The Bertz CT molecular complexity index is 1310. The number of aryl methyl sites for hydroxylation is 1. The van der Waals surface area contributed by atoms with Gasteiger partial charge in [0.15, 0.2) is 5.82 Å². The van der Waals surface area contributed by atoms with Crippen molar-refractivity contribution in [1.82, 2.24) is 24.4 Å². The lowest BCUT2D eigenvalue weighted by molar-refractivity contribution is 0.0686. The SMILES string of the molecule is CNc1nc2[nH]c(-c3cccc(COC(=O)N4CCCC(CO)C4)c3)cc2c2c1ncn2C. The molecule has 1 aliphatic heterocycles. The van der Waals surface area contributed by atoms with Crippen LogP contribution in [0.25, 0.3) is 33.3 Å². The summed E-state index contributed by atoms with van der Waals surface area (Å²) in [6.07, 6.45) is 3.30. The number of hydrogen-bond donors (Lipinski definition) is 3. The molecule has 4 aromatic rings. The van der Waals surface area contributed by atoms with Gasteiger partial charge in [-0.3, -0.25) is 0 Å². The maximum atomic E-state index is 12.5. The van der Waals surface area contributed by atoms with Crippen molar-refractivity contribution in [1.29, 1.82) is 0 Å². The van der Waals surface area contributed by atoms with Gasteiger partial charge < -0.3 is 29.6 Å². The van der Waals surface area contributed by atoms with E-state index in [2.05, 4.69) is 21.4 Å². The van der Waals surface area contributed by atoms with Crippen molar-refractivity contribution in [2.75, 3.05) is 32.1 Å². The third-order valence-corrected chi connectivity index (χ3v) is 6.31. The summed E-state index contributed by atoms with van der Waals surface area (Å²) >= 11 is 0. The van der Waals surface area contributed by atoms with Crippen LogP contribution in [-0.2, 0) is 18.4 Å². The summed E-state index contributed by atoms with van der Waals surface area (Å²) in [6, 6.07) is 10.0. The second-order valence-electron chi connectivity index (χ2n) is 8.60. The summed E-state index contributed by atoms with van der Waals surface area (Å²) in [7, 11) is 3.81. The predicted molar refractivity (Wildman–Crippen MR) is 127 cm³/mol. The van der Waals surface area contributed by atoms with E-state index in [1.54, 1.807) is 11.2 Å². The summed E-state index contributed by atoms with van der Waals surface area (Å²) in [5.41, 5.74) is 5.46. The average molecular weight is 449 g/mol. The molecule has 0 bridgehead atoms. The monoisotopic (exact) mass is 448 g/mol. The molecule has 3 aromatic heterocycles. The molecule has 0 spiro atoms. The van der Waals surface area contributed by atoms with Crippen molar-refractivity contribution in [3.8, 4) is 11.3 Å².